The van der Waals surface area contributed by atoms with Crippen LogP contribution >= 0.6 is 11.3 Å². The van der Waals surface area contributed by atoms with Gasteiger partial charge in [-0.25, -0.2) is 15.0 Å². The van der Waals surface area contributed by atoms with Gasteiger partial charge in [-0.15, -0.1) is 11.3 Å². The molecule has 0 saturated heterocycles. The molecule has 19 heavy (non-hydrogen) atoms. The highest BCUT2D eigenvalue weighted by atomic mass is 32.1. The third kappa shape index (κ3) is 2.28. The Hall–Kier alpha value is -2.02. The summed E-state index contributed by atoms with van der Waals surface area (Å²) in [4.78, 5) is 12.9. The van der Waals surface area contributed by atoms with Crippen LogP contribution in [0.5, 0.6) is 0 Å². The molecule has 2 N–H and O–H groups in total. The first kappa shape index (κ1) is 12.0. The summed E-state index contributed by atoms with van der Waals surface area (Å²) in [5, 5.41) is 13.7. The molecule has 0 fully saturated rings. The molecule has 7 heteroatoms. The van der Waals surface area contributed by atoms with Crippen LogP contribution in [0.15, 0.2) is 17.9 Å². The molecule has 0 aliphatic carbocycles. The summed E-state index contributed by atoms with van der Waals surface area (Å²) in [6.45, 7) is 6.43. The number of aromatic nitrogens is 5. The van der Waals surface area contributed by atoms with Gasteiger partial charge in [0.15, 0.2) is 10.8 Å². The fraction of sp³-hybridized carbons (Fsp3) is 0.333. The molecule has 0 radical (unpaired) electrons. The number of nitrogens with zero attached hydrogens (tertiary/aromatic N) is 4. The van der Waals surface area contributed by atoms with E-state index < -0.39 is 0 Å². The van der Waals surface area contributed by atoms with Crippen molar-refractivity contribution in [3.8, 4) is 0 Å². The number of anilines is 2. The predicted octanol–water partition coefficient (Wildman–Crippen LogP) is 2.85. The van der Waals surface area contributed by atoms with Crippen LogP contribution in [0.1, 0.15) is 26.5 Å². The van der Waals surface area contributed by atoms with E-state index in [-0.39, 0.29) is 5.41 Å². The second kappa shape index (κ2) is 4.27. The van der Waals surface area contributed by atoms with E-state index in [0.29, 0.717) is 11.5 Å². The number of rotatable bonds is 2. The van der Waals surface area contributed by atoms with Crippen LogP contribution in [0.2, 0.25) is 0 Å². The Labute approximate surface area is 114 Å². The monoisotopic (exact) mass is 274 g/mol. The van der Waals surface area contributed by atoms with Crippen molar-refractivity contribution in [3.05, 3.63) is 23.6 Å². The molecule has 3 aromatic rings. The Kier molecular flexibility index (Phi) is 2.70. The molecule has 3 aromatic heterocycles. The molecule has 0 aliphatic heterocycles. The van der Waals surface area contributed by atoms with Crippen LogP contribution in [0, 0.1) is 0 Å². The number of nitrogens with one attached hydrogen (secondary N) is 2. The quantitative estimate of drug-likeness (QED) is 0.751. The highest BCUT2D eigenvalue weighted by molar-refractivity contribution is 7.13. The van der Waals surface area contributed by atoms with Crippen LogP contribution in [0.25, 0.3) is 11.0 Å². The van der Waals surface area contributed by atoms with Crippen molar-refractivity contribution in [2.45, 2.75) is 26.2 Å². The third-order valence-corrected chi connectivity index (χ3v) is 3.50. The van der Waals surface area contributed by atoms with Crippen molar-refractivity contribution >= 4 is 33.3 Å². The predicted molar refractivity (Wildman–Crippen MR) is 75.8 cm³/mol. The van der Waals surface area contributed by atoms with Gasteiger partial charge in [0, 0.05) is 10.8 Å². The topological polar surface area (TPSA) is 79.4 Å². The summed E-state index contributed by atoms with van der Waals surface area (Å²) in [6, 6.07) is 0. The molecule has 0 saturated carbocycles. The second-order valence-corrected chi connectivity index (χ2v) is 6.13. The average Bonchev–Trinajstić information content (AvgIpc) is 2.96. The summed E-state index contributed by atoms with van der Waals surface area (Å²) in [7, 11) is 0. The molecule has 0 aromatic carbocycles. The molecule has 0 aliphatic rings. The lowest BCUT2D eigenvalue weighted by molar-refractivity contribution is 0.573. The van der Waals surface area contributed by atoms with Crippen molar-refractivity contribution in [2.75, 3.05) is 5.32 Å². The molecule has 0 atom stereocenters. The van der Waals surface area contributed by atoms with E-state index in [1.807, 2.05) is 0 Å². The number of fused-ring (bicyclic) bond motifs is 1. The highest BCUT2D eigenvalue weighted by Crippen LogP contribution is 2.29. The number of aromatic amines is 1. The summed E-state index contributed by atoms with van der Waals surface area (Å²) in [6.07, 6.45) is 3.21. The second-order valence-electron chi connectivity index (χ2n) is 5.27. The van der Waals surface area contributed by atoms with Gasteiger partial charge in [-0.1, -0.05) is 20.8 Å². The lowest BCUT2D eigenvalue weighted by Crippen LogP contribution is -2.11. The van der Waals surface area contributed by atoms with Gasteiger partial charge in [0.1, 0.15) is 12.1 Å². The first-order valence-electron chi connectivity index (χ1n) is 5.91. The lowest BCUT2D eigenvalue weighted by atomic mass is 9.93. The first-order chi connectivity index (χ1) is 9.04. The fourth-order valence-corrected chi connectivity index (χ4v) is 2.58. The van der Waals surface area contributed by atoms with Gasteiger partial charge in [-0.2, -0.15) is 5.10 Å². The van der Waals surface area contributed by atoms with Crippen molar-refractivity contribution in [1.82, 2.24) is 25.1 Å². The summed E-state index contributed by atoms with van der Waals surface area (Å²) in [5.74, 6) is 0.716. The number of hydrogen-bond acceptors (Lipinski definition) is 6. The fourth-order valence-electron chi connectivity index (χ4n) is 1.64. The van der Waals surface area contributed by atoms with E-state index in [2.05, 4.69) is 56.6 Å². The van der Waals surface area contributed by atoms with Crippen LogP contribution in [0.3, 0.4) is 0 Å². The van der Waals surface area contributed by atoms with Crippen LogP contribution in [0.4, 0.5) is 10.9 Å². The largest absolute Gasteiger partial charge is 0.315 e. The van der Waals surface area contributed by atoms with Crippen LogP contribution in [-0.2, 0) is 5.41 Å². The molecule has 6 nitrogen and oxygen atoms in total. The zero-order chi connectivity index (χ0) is 13.5. The van der Waals surface area contributed by atoms with Gasteiger partial charge in [-0.05, 0) is 0 Å². The molecule has 0 unspecified atom stereocenters. The zero-order valence-corrected chi connectivity index (χ0v) is 11.7. The highest BCUT2D eigenvalue weighted by Gasteiger charge is 2.18. The number of thiazole rings is 1. The smallest absolute Gasteiger partial charge is 0.188 e. The summed E-state index contributed by atoms with van der Waals surface area (Å²) >= 11 is 1.57. The van der Waals surface area contributed by atoms with Crippen molar-refractivity contribution in [3.63, 3.8) is 0 Å². The first-order valence-corrected chi connectivity index (χ1v) is 6.79. The van der Waals surface area contributed by atoms with E-state index in [1.54, 1.807) is 17.5 Å². The van der Waals surface area contributed by atoms with Crippen molar-refractivity contribution in [1.29, 1.82) is 0 Å². The Morgan fingerprint density at radius 2 is 2.11 bits per heavy atom. The van der Waals surface area contributed by atoms with Gasteiger partial charge in [0.25, 0.3) is 0 Å². The Morgan fingerprint density at radius 3 is 2.84 bits per heavy atom. The maximum absolute atomic E-state index is 4.58. The Morgan fingerprint density at radius 1 is 1.26 bits per heavy atom. The van der Waals surface area contributed by atoms with Crippen LogP contribution < -0.4 is 5.32 Å². The average molecular weight is 274 g/mol. The maximum atomic E-state index is 4.58. The summed E-state index contributed by atoms with van der Waals surface area (Å²) < 4.78 is 0. The SMILES string of the molecule is CC(C)(C)c1csc(Nc2ncnc3[nH]ncc23)n1. The van der Waals surface area contributed by atoms with E-state index in [1.165, 1.54) is 6.33 Å². The van der Waals surface area contributed by atoms with E-state index >= 15 is 0 Å². The standard InChI is InChI=1S/C12H14N6S/c1-12(2,3)8-5-19-11(16-8)17-9-7-4-15-18-10(7)14-6-13-9/h4-6H,1-3H3,(H2,13,14,15,16,17,18). The molecular weight excluding hydrogens is 260 g/mol. The molecule has 3 heterocycles. The van der Waals surface area contributed by atoms with Gasteiger partial charge in [0.05, 0.1) is 17.3 Å². The maximum Gasteiger partial charge on any atom is 0.188 e. The molecule has 98 valence electrons. The van der Waals surface area contributed by atoms with Gasteiger partial charge in [0.2, 0.25) is 0 Å². The molecule has 3 rings (SSSR count). The van der Waals surface area contributed by atoms with Gasteiger partial charge in [-0.3, -0.25) is 5.10 Å². The molecule has 0 spiro atoms. The normalized spacial score (nSPS) is 11.9. The zero-order valence-electron chi connectivity index (χ0n) is 10.9. The van der Waals surface area contributed by atoms with Gasteiger partial charge < -0.3 is 5.32 Å². The minimum atomic E-state index is 0.0487. The molecule has 0 amide bonds. The Bertz CT molecular complexity index is 708. The lowest BCUT2D eigenvalue weighted by Gasteiger charge is -2.14. The van der Waals surface area contributed by atoms with E-state index in [4.69, 9.17) is 0 Å². The van der Waals surface area contributed by atoms with Crippen molar-refractivity contribution in [2.24, 2.45) is 0 Å². The summed E-state index contributed by atoms with van der Waals surface area (Å²) in [5.41, 5.74) is 1.83. The number of H-pyrrole nitrogens is 1. The molecular formula is C12H14N6S. The Balaban J connectivity index is 1.93. The van der Waals surface area contributed by atoms with Gasteiger partial charge >= 0.3 is 0 Å². The van der Waals surface area contributed by atoms with E-state index in [9.17, 15) is 0 Å². The number of hydrogen-bond donors (Lipinski definition) is 2. The van der Waals surface area contributed by atoms with E-state index in [0.717, 1.165) is 16.2 Å². The van der Waals surface area contributed by atoms with Crippen molar-refractivity contribution < 1.29 is 0 Å². The minimum Gasteiger partial charge on any atom is -0.315 e. The van der Waals surface area contributed by atoms with Crippen LogP contribution in [-0.4, -0.2) is 25.1 Å². The molecule has 0 bridgehead atoms. The minimum absolute atomic E-state index is 0.0487. The third-order valence-electron chi connectivity index (χ3n) is 2.75.